The molecule has 0 atom stereocenters. The zero-order valence-corrected chi connectivity index (χ0v) is 8.93. The summed E-state index contributed by atoms with van der Waals surface area (Å²) in [6, 6.07) is 0. The summed E-state index contributed by atoms with van der Waals surface area (Å²) in [6.07, 6.45) is 1.82. The maximum absolute atomic E-state index is 4.20. The minimum atomic E-state index is 0.797. The van der Waals surface area contributed by atoms with Gasteiger partial charge < -0.3 is 10.2 Å². The molecule has 1 N–H and O–H groups in total. The van der Waals surface area contributed by atoms with Crippen molar-refractivity contribution in [3.63, 3.8) is 0 Å². The maximum atomic E-state index is 4.20. The maximum Gasteiger partial charge on any atom is 0.193 e. The first-order valence-electron chi connectivity index (χ1n) is 4.02. The van der Waals surface area contributed by atoms with E-state index in [0.717, 1.165) is 17.5 Å². The molecule has 1 aromatic rings. The molecule has 0 saturated heterocycles. The lowest BCUT2D eigenvalue weighted by atomic mass is 10.6. The van der Waals surface area contributed by atoms with Crippen LogP contribution in [0.15, 0.2) is 16.6 Å². The van der Waals surface area contributed by atoms with Gasteiger partial charge in [-0.3, -0.25) is 4.99 Å². The second-order valence-electron chi connectivity index (χ2n) is 2.58. The van der Waals surface area contributed by atoms with Crippen molar-refractivity contribution in [3.8, 4) is 0 Å². The highest BCUT2D eigenvalue weighted by molar-refractivity contribution is 7.09. The van der Waals surface area contributed by atoms with Gasteiger partial charge in [0.1, 0.15) is 5.01 Å². The molecule has 0 bridgehead atoms. The van der Waals surface area contributed by atoms with Crippen LogP contribution < -0.4 is 5.32 Å². The normalized spacial score (nSPS) is 11.5. The van der Waals surface area contributed by atoms with Crippen molar-refractivity contribution in [3.05, 3.63) is 16.6 Å². The molecule has 0 aliphatic rings. The van der Waals surface area contributed by atoms with Gasteiger partial charge in [0.25, 0.3) is 0 Å². The van der Waals surface area contributed by atoms with Gasteiger partial charge in [0.05, 0.1) is 6.54 Å². The Morgan fingerprint density at radius 1 is 1.77 bits per heavy atom. The summed E-state index contributed by atoms with van der Waals surface area (Å²) in [6.45, 7) is 0.797. The number of hydrogen-bond donors (Lipinski definition) is 1. The van der Waals surface area contributed by atoms with E-state index in [2.05, 4.69) is 15.3 Å². The van der Waals surface area contributed by atoms with Crippen LogP contribution in [-0.4, -0.2) is 37.0 Å². The largest absolute Gasteiger partial charge is 0.359 e. The first kappa shape index (κ1) is 9.98. The van der Waals surface area contributed by atoms with Gasteiger partial charge in [-0.05, 0) is 0 Å². The zero-order valence-electron chi connectivity index (χ0n) is 8.11. The van der Waals surface area contributed by atoms with E-state index in [1.54, 1.807) is 18.4 Å². The minimum Gasteiger partial charge on any atom is -0.359 e. The second-order valence-corrected chi connectivity index (χ2v) is 3.56. The van der Waals surface area contributed by atoms with Gasteiger partial charge in [0, 0.05) is 32.7 Å². The molecule has 0 saturated carbocycles. The van der Waals surface area contributed by atoms with Crippen molar-refractivity contribution in [2.45, 2.75) is 6.54 Å². The Kier molecular flexibility index (Phi) is 3.70. The van der Waals surface area contributed by atoms with E-state index in [1.807, 2.05) is 30.6 Å². The predicted octanol–water partition coefficient (Wildman–Crippen LogP) is 0.780. The molecule has 0 fully saturated rings. The van der Waals surface area contributed by atoms with E-state index in [9.17, 15) is 0 Å². The van der Waals surface area contributed by atoms with Crippen LogP contribution in [-0.2, 0) is 6.54 Å². The molecule has 0 amide bonds. The smallest absolute Gasteiger partial charge is 0.193 e. The second kappa shape index (κ2) is 4.81. The van der Waals surface area contributed by atoms with E-state index >= 15 is 0 Å². The van der Waals surface area contributed by atoms with E-state index in [-0.39, 0.29) is 0 Å². The Hall–Kier alpha value is -1.10. The quantitative estimate of drug-likeness (QED) is 0.564. The third kappa shape index (κ3) is 2.69. The van der Waals surface area contributed by atoms with Gasteiger partial charge in [-0.1, -0.05) is 0 Å². The molecule has 0 aliphatic heterocycles. The first-order chi connectivity index (χ1) is 6.27. The van der Waals surface area contributed by atoms with Crippen LogP contribution in [0.5, 0.6) is 0 Å². The molecule has 1 aromatic heterocycles. The molecule has 1 heterocycles. The Morgan fingerprint density at radius 2 is 2.54 bits per heavy atom. The highest BCUT2D eigenvalue weighted by Crippen LogP contribution is 2.06. The predicted molar refractivity (Wildman–Crippen MR) is 56.0 cm³/mol. The molecule has 72 valence electrons. The summed E-state index contributed by atoms with van der Waals surface area (Å²) in [5, 5.41) is 6.09. The number of aromatic nitrogens is 1. The van der Waals surface area contributed by atoms with E-state index in [4.69, 9.17) is 0 Å². The summed E-state index contributed by atoms with van der Waals surface area (Å²) in [5.74, 6) is 0.871. The number of aliphatic imine (C=N–C) groups is 1. The minimum absolute atomic E-state index is 0.797. The van der Waals surface area contributed by atoms with Crippen LogP contribution >= 0.6 is 11.3 Å². The highest BCUT2D eigenvalue weighted by atomic mass is 32.1. The molecule has 5 heteroatoms. The monoisotopic (exact) mass is 198 g/mol. The van der Waals surface area contributed by atoms with Crippen LogP contribution in [0.25, 0.3) is 0 Å². The molecule has 0 aromatic carbocycles. The van der Waals surface area contributed by atoms with E-state index < -0.39 is 0 Å². The third-order valence-corrected chi connectivity index (χ3v) is 2.42. The zero-order chi connectivity index (χ0) is 9.68. The summed E-state index contributed by atoms with van der Waals surface area (Å²) in [7, 11) is 5.62. The molecule has 1 rings (SSSR count). The van der Waals surface area contributed by atoms with Gasteiger partial charge >= 0.3 is 0 Å². The lowest BCUT2D eigenvalue weighted by molar-refractivity contribution is 0.481. The summed E-state index contributed by atoms with van der Waals surface area (Å²) < 4.78 is 0. The number of thiazole rings is 1. The van der Waals surface area contributed by atoms with Crippen molar-refractivity contribution < 1.29 is 0 Å². The van der Waals surface area contributed by atoms with Crippen LogP contribution in [0.4, 0.5) is 0 Å². The SMILES string of the molecule is CN=C(NC)N(C)Cc1nccs1. The van der Waals surface area contributed by atoms with Crippen molar-refractivity contribution in [2.75, 3.05) is 21.1 Å². The highest BCUT2D eigenvalue weighted by Gasteiger charge is 2.05. The van der Waals surface area contributed by atoms with E-state index in [0.29, 0.717) is 0 Å². The standard InChI is InChI=1S/C8H14N4S/c1-9-8(10-2)12(3)6-7-11-4-5-13-7/h4-5H,6H2,1-3H3,(H,9,10). The van der Waals surface area contributed by atoms with Crippen LogP contribution in [0.2, 0.25) is 0 Å². The number of guanidine groups is 1. The fourth-order valence-electron chi connectivity index (χ4n) is 1.08. The Bertz CT molecular complexity index is 268. The van der Waals surface area contributed by atoms with Gasteiger partial charge in [0.2, 0.25) is 0 Å². The number of nitrogens with zero attached hydrogens (tertiary/aromatic N) is 3. The number of hydrogen-bond acceptors (Lipinski definition) is 3. The molecular weight excluding hydrogens is 184 g/mol. The average molecular weight is 198 g/mol. The molecule has 13 heavy (non-hydrogen) atoms. The van der Waals surface area contributed by atoms with Gasteiger partial charge in [-0.15, -0.1) is 11.3 Å². The lowest BCUT2D eigenvalue weighted by Gasteiger charge is -2.18. The van der Waals surface area contributed by atoms with Crippen LogP contribution in [0.1, 0.15) is 5.01 Å². The van der Waals surface area contributed by atoms with Gasteiger partial charge in [0.15, 0.2) is 5.96 Å². The molecule has 0 aliphatic carbocycles. The first-order valence-corrected chi connectivity index (χ1v) is 4.90. The molecule has 0 spiro atoms. The van der Waals surface area contributed by atoms with E-state index in [1.165, 1.54) is 0 Å². The topological polar surface area (TPSA) is 40.5 Å². The van der Waals surface area contributed by atoms with Crippen molar-refractivity contribution in [1.29, 1.82) is 0 Å². The van der Waals surface area contributed by atoms with Crippen molar-refractivity contribution in [2.24, 2.45) is 4.99 Å². The average Bonchev–Trinajstić information content (AvgIpc) is 2.59. The Balaban J connectivity index is 2.55. The molecule has 4 nitrogen and oxygen atoms in total. The summed E-state index contributed by atoms with van der Waals surface area (Å²) in [4.78, 5) is 10.3. The van der Waals surface area contributed by atoms with Gasteiger partial charge in [-0.25, -0.2) is 4.98 Å². The Morgan fingerprint density at radius 3 is 3.00 bits per heavy atom. The third-order valence-electron chi connectivity index (χ3n) is 1.65. The Labute approximate surface area is 82.3 Å². The van der Waals surface area contributed by atoms with Crippen LogP contribution in [0, 0.1) is 0 Å². The fourth-order valence-corrected chi connectivity index (χ4v) is 1.75. The summed E-state index contributed by atoms with van der Waals surface area (Å²) in [5.41, 5.74) is 0. The van der Waals surface area contributed by atoms with Crippen molar-refractivity contribution >= 4 is 17.3 Å². The van der Waals surface area contributed by atoms with Crippen LogP contribution in [0.3, 0.4) is 0 Å². The van der Waals surface area contributed by atoms with Gasteiger partial charge in [-0.2, -0.15) is 0 Å². The number of rotatable bonds is 2. The van der Waals surface area contributed by atoms with Crippen molar-refractivity contribution in [1.82, 2.24) is 15.2 Å². The number of nitrogens with one attached hydrogen (secondary N) is 1. The summed E-state index contributed by atoms with van der Waals surface area (Å²) >= 11 is 1.65. The molecular formula is C8H14N4S. The lowest BCUT2D eigenvalue weighted by Crippen LogP contribution is -2.36. The molecule has 0 unspecified atom stereocenters. The molecule has 0 radical (unpaired) electrons. The fraction of sp³-hybridized carbons (Fsp3) is 0.500.